The van der Waals surface area contributed by atoms with Crippen molar-refractivity contribution in [3.8, 4) is 11.5 Å². The van der Waals surface area contributed by atoms with Gasteiger partial charge in [-0.2, -0.15) is 8.78 Å². The van der Waals surface area contributed by atoms with Crippen LogP contribution in [-0.4, -0.2) is 150 Å². The van der Waals surface area contributed by atoms with Crippen molar-refractivity contribution in [1.29, 1.82) is 0 Å². The number of likely N-dealkylation sites (N-methyl/N-ethyl adjacent to an activating group) is 2. The molecule has 0 bridgehead atoms. The molecule has 0 aliphatic carbocycles. The fraction of sp³-hybridized carbons (Fsp3) is 0.400. The third-order valence-electron chi connectivity index (χ3n) is 11.7. The molecule has 7 rings (SSSR count). The van der Waals surface area contributed by atoms with Crippen molar-refractivity contribution in [3.63, 3.8) is 0 Å². The van der Waals surface area contributed by atoms with Crippen molar-refractivity contribution in [2.24, 2.45) is 5.73 Å². The number of sulfonamides is 2. The Balaban J connectivity index is 0.000000231. The molecule has 0 amide bonds. The van der Waals surface area contributed by atoms with Crippen LogP contribution in [0.3, 0.4) is 0 Å². The van der Waals surface area contributed by atoms with Crippen LogP contribution in [0, 0.1) is 23.3 Å². The number of Topliss-reactive ketones (excluding diaryl/α,β-unsaturated/α-hetero) is 1. The number of hydrogen-bond donors (Lipinski definition) is 1. The molecule has 5 aromatic rings. The molecular weight excluding hydrogens is 1010 g/mol. The average molecular weight is 1060 g/mol. The topological polar surface area (TPSA) is 170 Å². The van der Waals surface area contributed by atoms with Crippen molar-refractivity contribution < 1.29 is 52.4 Å². The zero-order chi connectivity index (χ0) is 50.9. The van der Waals surface area contributed by atoms with Gasteiger partial charge < -0.3 is 20.0 Å². The van der Waals surface area contributed by atoms with E-state index >= 15 is 4.39 Å². The lowest BCUT2D eigenvalue weighted by molar-refractivity contribution is 0.100. The lowest BCUT2D eigenvalue weighted by Gasteiger charge is -2.33. The molecule has 2 N–H and O–H groups in total. The van der Waals surface area contributed by atoms with Gasteiger partial charge in [-0.15, -0.1) is 10.2 Å². The second-order valence-corrected chi connectivity index (χ2v) is 21.5. The van der Waals surface area contributed by atoms with Crippen molar-refractivity contribution in [1.82, 2.24) is 29.8 Å². The third-order valence-corrected chi connectivity index (χ3v) is 15.7. The number of alkyl halides is 2. The number of carbonyl (C=O) groups excluding carboxylic acids is 1. The van der Waals surface area contributed by atoms with Crippen molar-refractivity contribution >= 4 is 60.4 Å². The molecule has 3 heterocycles. The summed E-state index contributed by atoms with van der Waals surface area (Å²) in [7, 11) is -3.92. The van der Waals surface area contributed by atoms with Gasteiger partial charge in [0.15, 0.2) is 5.78 Å². The van der Waals surface area contributed by atoms with E-state index in [9.17, 15) is 43.6 Å². The van der Waals surface area contributed by atoms with Gasteiger partial charge in [-0.3, -0.25) is 23.2 Å². The molecule has 0 unspecified atom stereocenters. The van der Waals surface area contributed by atoms with Crippen LogP contribution in [-0.2, 0) is 33.1 Å². The van der Waals surface area contributed by atoms with E-state index in [0.717, 1.165) is 72.1 Å². The normalized spacial score (nSPS) is 15.5. The number of nitrogens with two attached hydrogens (primary N) is 1. The Bertz CT molecular complexity index is 2840. The SMILES string of the molecule is CN1CCN(CCS(=O)(=O)N(Cc2ccc(-c3nnc(C(F)F)o3)cc2F)c2ccc(F)c(Cl)c2)CC1.CN1CCN(CCS(=O)(=O)N(Cc2ccc(C(=O)CN)cc2F)c2ccc(F)c(Cl)c2)CC1. The van der Waals surface area contributed by atoms with Crippen molar-refractivity contribution in [3.05, 3.63) is 129 Å². The Morgan fingerprint density at radius 2 is 1.11 bits per heavy atom. The van der Waals surface area contributed by atoms with Crippen LogP contribution in [0.25, 0.3) is 11.5 Å². The fourth-order valence-corrected chi connectivity index (χ4v) is 10.7. The van der Waals surface area contributed by atoms with Crippen LogP contribution in [0.15, 0.2) is 77.2 Å². The number of carbonyl (C=O) groups is 1. The summed E-state index contributed by atoms with van der Waals surface area (Å²) >= 11 is 11.8. The minimum absolute atomic E-state index is 0.0130. The maximum Gasteiger partial charge on any atom is 0.314 e. The molecule has 1 aromatic heterocycles. The highest BCUT2D eigenvalue weighted by Gasteiger charge is 2.29. The van der Waals surface area contributed by atoms with Crippen LogP contribution < -0.4 is 14.3 Å². The van der Waals surface area contributed by atoms with E-state index in [4.69, 9.17) is 33.4 Å². The first-order valence-electron chi connectivity index (χ1n) is 21.8. The molecule has 4 aromatic carbocycles. The molecule has 2 aliphatic rings. The predicted molar refractivity (Wildman–Crippen MR) is 255 cm³/mol. The highest BCUT2D eigenvalue weighted by atomic mass is 35.5. The first kappa shape index (κ1) is 54.5. The molecule has 2 fully saturated rings. The summed E-state index contributed by atoms with van der Waals surface area (Å²) in [5, 5.41) is 6.19. The van der Waals surface area contributed by atoms with Gasteiger partial charge in [0.1, 0.15) is 23.3 Å². The van der Waals surface area contributed by atoms with Crippen LogP contribution in [0.1, 0.15) is 33.8 Å². The number of nitrogens with zero attached hydrogens (tertiary/aromatic N) is 8. The summed E-state index contributed by atoms with van der Waals surface area (Å²) in [6.07, 6.45) is -2.97. The summed E-state index contributed by atoms with van der Waals surface area (Å²) in [5.41, 5.74) is 5.73. The number of halogens is 8. The highest BCUT2D eigenvalue weighted by Crippen LogP contribution is 2.31. The smallest absolute Gasteiger partial charge is 0.314 e. The fourth-order valence-electron chi connectivity index (χ4n) is 7.36. The first-order valence-corrected chi connectivity index (χ1v) is 25.8. The lowest BCUT2D eigenvalue weighted by Crippen LogP contribution is -2.47. The average Bonchev–Trinajstić information content (AvgIpc) is 3.83. The molecule has 2 aliphatic heterocycles. The summed E-state index contributed by atoms with van der Waals surface area (Å²) in [5.74, 6) is -5.04. The van der Waals surface area contributed by atoms with E-state index in [0.29, 0.717) is 19.6 Å². The van der Waals surface area contributed by atoms with Crippen LogP contribution >= 0.6 is 23.2 Å². The van der Waals surface area contributed by atoms with Crippen LogP contribution in [0.4, 0.5) is 37.7 Å². The minimum Gasteiger partial charge on any atom is -0.415 e. The van der Waals surface area contributed by atoms with Gasteiger partial charge in [0.2, 0.25) is 25.9 Å². The Morgan fingerprint density at radius 1 is 0.657 bits per heavy atom. The number of piperazine rings is 2. The highest BCUT2D eigenvalue weighted by molar-refractivity contribution is 7.93. The van der Waals surface area contributed by atoms with Gasteiger partial charge >= 0.3 is 6.43 Å². The third kappa shape index (κ3) is 14.4. The van der Waals surface area contributed by atoms with E-state index < -0.39 is 68.0 Å². The van der Waals surface area contributed by atoms with E-state index in [1.165, 1.54) is 48.5 Å². The molecule has 0 saturated carbocycles. The zero-order valence-corrected chi connectivity index (χ0v) is 41.2. The Kier molecular flexibility index (Phi) is 18.7. The summed E-state index contributed by atoms with van der Waals surface area (Å²) in [4.78, 5) is 20.1. The van der Waals surface area contributed by atoms with Gasteiger partial charge in [0.05, 0.1) is 52.6 Å². The monoisotopic (exact) mass is 1060 g/mol. The summed E-state index contributed by atoms with van der Waals surface area (Å²) < 4.78 is 143. The van der Waals surface area contributed by atoms with Gasteiger partial charge in [0, 0.05) is 87.7 Å². The molecule has 70 heavy (non-hydrogen) atoms. The Morgan fingerprint density at radius 3 is 1.51 bits per heavy atom. The number of hydrogen-bond acceptors (Lipinski definition) is 13. The molecule has 15 nitrogen and oxygen atoms in total. The quantitative estimate of drug-likeness (QED) is 0.0743. The van der Waals surface area contributed by atoms with Gasteiger partial charge in [-0.1, -0.05) is 41.4 Å². The van der Waals surface area contributed by atoms with E-state index in [1.807, 2.05) is 19.0 Å². The van der Waals surface area contributed by atoms with E-state index in [2.05, 4.69) is 24.9 Å². The van der Waals surface area contributed by atoms with E-state index in [-0.39, 0.29) is 80.7 Å². The Labute approximate surface area is 412 Å². The van der Waals surface area contributed by atoms with Gasteiger partial charge in [0.25, 0.3) is 5.89 Å². The number of ketones is 1. The maximum absolute atomic E-state index is 15.1. The molecule has 0 spiro atoms. The van der Waals surface area contributed by atoms with Crippen LogP contribution in [0.2, 0.25) is 10.0 Å². The molecule has 2 saturated heterocycles. The van der Waals surface area contributed by atoms with Crippen molar-refractivity contribution in [2.45, 2.75) is 19.5 Å². The number of anilines is 2. The molecular formula is C45H51Cl2F6N9O6S2. The maximum atomic E-state index is 15.1. The molecule has 0 radical (unpaired) electrons. The standard InChI is InChI=1S/C23H24ClF4N5O3S.C22H27ClF2N4O3S/c1-31-6-8-32(9-7-31)10-11-37(34,35)33(17-4-5-19(25)18(24)13-17)14-16-3-2-15(12-20(16)26)22-29-30-23(36-22)21(27)28;1-27-6-8-28(9-7-27)10-11-33(31,32)29(18-4-5-20(24)19(23)13-18)15-17-3-2-16(12-21(17)25)22(30)14-26/h2-5,12-13,21H,6-11,14H2,1H3;2-5,12-13H,6-11,14-15,26H2,1H3. The summed E-state index contributed by atoms with van der Waals surface area (Å²) in [6.45, 7) is 5.82. The predicted octanol–water partition coefficient (Wildman–Crippen LogP) is 6.53. The van der Waals surface area contributed by atoms with E-state index in [1.54, 1.807) is 0 Å². The molecule has 380 valence electrons. The minimum atomic E-state index is -4.00. The number of aromatic nitrogens is 2. The Hall–Kier alpha value is -4.85. The van der Waals surface area contributed by atoms with Gasteiger partial charge in [-0.25, -0.2) is 34.4 Å². The molecule has 0 atom stereocenters. The summed E-state index contributed by atoms with van der Waals surface area (Å²) in [6, 6.07) is 14.5. The number of benzene rings is 4. The van der Waals surface area contributed by atoms with Crippen LogP contribution in [0.5, 0.6) is 0 Å². The second kappa shape index (κ2) is 24.0. The molecule has 25 heteroatoms. The largest absolute Gasteiger partial charge is 0.415 e. The zero-order valence-electron chi connectivity index (χ0n) is 38.1. The number of rotatable bonds is 18. The second-order valence-electron chi connectivity index (χ2n) is 16.6. The van der Waals surface area contributed by atoms with Crippen molar-refractivity contribution in [2.75, 3.05) is 106 Å². The lowest BCUT2D eigenvalue weighted by atomic mass is 10.1. The first-order chi connectivity index (χ1) is 33.1. The van der Waals surface area contributed by atoms with Gasteiger partial charge in [-0.05, 0) is 68.7 Å².